The Hall–Kier alpha value is -5.73. The highest BCUT2D eigenvalue weighted by atomic mass is 16.2. The fourth-order valence-electron chi connectivity index (χ4n) is 7.98. The number of aromatic nitrogens is 3. The summed E-state index contributed by atoms with van der Waals surface area (Å²) in [7, 11) is 0. The standard InChI is InChI=1S/C39H45N9O6/c1-22-16-44-23(2)17-43(22)34(49)28-10-7-12-30(40-28)36(51)45-18-25(4)47(19-24(45)3)38(53)32-14-9-15-33(42-32)39(54)48-21-26(5)46(20-27(48)6)37(52)31-13-8-11-29(41-31)35(44)50/h7-15,22-27H,16-21H2,1-6H3/t22-,23-,24-,25-,26-,27-/m1/s1. The van der Waals surface area contributed by atoms with Gasteiger partial charge in [-0.15, -0.1) is 0 Å². The Bertz CT molecular complexity index is 1680. The number of nitrogens with zero attached hydrogens (tertiary/aromatic N) is 9. The largest absolute Gasteiger partial charge is 0.331 e. The van der Waals surface area contributed by atoms with Crippen molar-refractivity contribution in [2.75, 3.05) is 39.3 Å². The van der Waals surface area contributed by atoms with Gasteiger partial charge in [0.05, 0.1) is 0 Å². The lowest BCUT2D eigenvalue weighted by molar-refractivity contribution is 0.0255. The molecule has 12 rings (SSSR count). The molecule has 54 heavy (non-hydrogen) atoms. The van der Waals surface area contributed by atoms with Crippen LogP contribution in [-0.2, 0) is 0 Å². The third kappa shape index (κ3) is 6.56. The Labute approximate surface area is 313 Å². The molecule has 12 bridgehead atoms. The molecular formula is C39H45N9O6. The number of rotatable bonds is 0. The molecule has 0 aliphatic carbocycles. The van der Waals surface area contributed by atoms with Crippen molar-refractivity contribution >= 4 is 35.4 Å². The molecule has 282 valence electrons. The molecule has 0 saturated carbocycles. The highest BCUT2D eigenvalue weighted by molar-refractivity contribution is 6.00. The molecule has 9 aliphatic heterocycles. The molecule has 0 aromatic carbocycles. The predicted molar refractivity (Wildman–Crippen MR) is 196 cm³/mol. The molecule has 12 heterocycles. The Morgan fingerprint density at radius 2 is 0.481 bits per heavy atom. The second-order valence-corrected chi connectivity index (χ2v) is 15.1. The molecule has 0 unspecified atom stereocenters. The average Bonchev–Trinajstić information content (AvgIpc) is 3.18. The number of pyridine rings is 3. The van der Waals surface area contributed by atoms with Crippen LogP contribution in [0.1, 0.15) is 104 Å². The number of hydrogen-bond donors (Lipinski definition) is 0. The first-order valence-electron chi connectivity index (χ1n) is 18.5. The highest BCUT2D eigenvalue weighted by Gasteiger charge is 2.40. The van der Waals surface area contributed by atoms with Gasteiger partial charge in [-0.25, -0.2) is 15.0 Å². The maximum atomic E-state index is 13.9. The summed E-state index contributed by atoms with van der Waals surface area (Å²) in [5, 5.41) is 0. The number of amides is 6. The Morgan fingerprint density at radius 3 is 0.630 bits per heavy atom. The van der Waals surface area contributed by atoms with Crippen LogP contribution in [-0.4, -0.2) is 155 Å². The lowest BCUT2D eigenvalue weighted by Gasteiger charge is -2.44. The number of carbonyl (C=O) groups excluding carboxylic acids is 6. The van der Waals surface area contributed by atoms with Crippen molar-refractivity contribution in [2.24, 2.45) is 0 Å². The SMILES string of the molecule is C[C@@H]1CN2C(=O)c3cccc(n3)C(=O)N3C[C@@H](C)N(C[C@H]3C)C(=O)c3cccc(n3)C(=O)N3C[C@@H](C)N(C[C@H]3C)C(=O)c3cccc(n3)C(=O)N1C[C@H]2C. The Balaban J connectivity index is 1.24. The molecule has 15 nitrogen and oxygen atoms in total. The quantitative estimate of drug-likeness (QED) is 0.338. The number of piperazine rings is 3. The zero-order chi connectivity index (χ0) is 38.6. The van der Waals surface area contributed by atoms with Gasteiger partial charge in [0.1, 0.15) is 34.2 Å². The van der Waals surface area contributed by atoms with Crippen LogP contribution in [0.2, 0.25) is 0 Å². The fraction of sp³-hybridized carbons (Fsp3) is 0.462. The third-order valence-corrected chi connectivity index (χ3v) is 11.1. The van der Waals surface area contributed by atoms with Crippen molar-refractivity contribution < 1.29 is 28.8 Å². The van der Waals surface area contributed by atoms with Crippen LogP contribution in [0.15, 0.2) is 54.6 Å². The van der Waals surface area contributed by atoms with Crippen molar-refractivity contribution in [3.8, 4) is 0 Å². The summed E-state index contributed by atoms with van der Waals surface area (Å²) in [6, 6.07) is 12.1. The summed E-state index contributed by atoms with van der Waals surface area (Å²) in [5.41, 5.74) is 0.689. The first-order chi connectivity index (χ1) is 25.7. The smallest absolute Gasteiger partial charge is 0.272 e. The molecule has 3 aromatic rings. The van der Waals surface area contributed by atoms with Gasteiger partial charge in [-0.05, 0) is 77.9 Å². The predicted octanol–water partition coefficient (Wildman–Crippen LogP) is 2.31. The van der Waals surface area contributed by atoms with Crippen LogP contribution in [0.3, 0.4) is 0 Å². The topological polar surface area (TPSA) is 161 Å². The summed E-state index contributed by atoms with van der Waals surface area (Å²) < 4.78 is 0. The molecule has 15 heteroatoms. The van der Waals surface area contributed by atoms with Gasteiger partial charge in [0.2, 0.25) is 0 Å². The lowest BCUT2D eigenvalue weighted by Crippen LogP contribution is -2.60. The van der Waals surface area contributed by atoms with E-state index < -0.39 is 0 Å². The minimum absolute atomic E-state index is 0.115. The average molecular weight is 736 g/mol. The minimum Gasteiger partial charge on any atom is -0.331 e. The molecule has 0 radical (unpaired) electrons. The van der Waals surface area contributed by atoms with Gasteiger partial charge in [-0.1, -0.05) is 18.2 Å². The van der Waals surface area contributed by atoms with E-state index >= 15 is 0 Å². The van der Waals surface area contributed by atoms with Crippen LogP contribution >= 0.6 is 0 Å². The summed E-state index contributed by atoms with van der Waals surface area (Å²) >= 11 is 0. The first kappa shape index (κ1) is 36.6. The summed E-state index contributed by atoms with van der Waals surface area (Å²) in [5.74, 6) is -2.12. The summed E-state index contributed by atoms with van der Waals surface area (Å²) in [6.45, 7) is 12.5. The fourth-order valence-corrected chi connectivity index (χ4v) is 7.98. The van der Waals surface area contributed by atoms with Gasteiger partial charge in [0.25, 0.3) is 35.4 Å². The summed E-state index contributed by atoms with van der Waals surface area (Å²) in [6.07, 6.45) is 0. The highest BCUT2D eigenvalue weighted by Crippen LogP contribution is 2.25. The van der Waals surface area contributed by atoms with E-state index in [2.05, 4.69) is 15.0 Å². The van der Waals surface area contributed by atoms with Gasteiger partial charge in [-0.2, -0.15) is 0 Å². The molecule has 3 fully saturated rings. The molecule has 6 atom stereocenters. The molecule has 0 spiro atoms. The zero-order valence-corrected chi connectivity index (χ0v) is 31.4. The van der Waals surface area contributed by atoms with E-state index in [1.165, 1.54) is 0 Å². The van der Waals surface area contributed by atoms with E-state index in [-0.39, 0.29) is 145 Å². The zero-order valence-electron chi connectivity index (χ0n) is 31.4. The van der Waals surface area contributed by atoms with E-state index in [4.69, 9.17) is 0 Å². The normalized spacial score (nSPS) is 27.0. The van der Waals surface area contributed by atoms with E-state index in [0.717, 1.165) is 0 Å². The van der Waals surface area contributed by atoms with E-state index in [1.54, 1.807) is 84.0 Å². The van der Waals surface area contributed by atoms with Crippen molar-refractivity contribution in [1.82, 2.24) is 44.4 Å². The van der Waals surface area contributed by atoms with E-state index in [1.807, 2.05) is 41.5 Å². The molecule has 6 amide bonds. The second kappa shape index (κ2) is 14.3. The Morgan fingerprint density at radius 1 is 0.333 bits per heavy atom. The van der Waals surface area contributed by atoms with E-state index in [0.29, 0.717) is 0 Å². The van der Waals surface area contributed by atoms with Gasteiger partial charge >= 0.3 is 0 Å². The van der Waals surface area contributed by atoms with Crippen LogP contribution in [0.5, 0.6) is 0 Å². The van der Waals surface area contributed by atoms with Crippen LogP contribution in [0.4, 0.5) is 0 Å². The lowest BCUT2D eigenvalue weighted by atomic mass is 10.1. The number of hydrogen-bond acceptors (Lipinski definition) is 9. The van der Waals surface area contributed by atoms with Gasteiger partial charge < -0.3 is 29.4 Å². The van der Waals surface area contributed by atoms with Gasteiger partial charge in [0, 0.05) is 75.5 Å². The van der Waals surface area contributed by atoms with Gasteiger partial charge in [-0.3, -0.25) is 28.8 Å². The summed E-state index contributed by atoms with van der Waals surface area (Å²) in [4.78, 5) is 107. The molecule has 3 saturated heterocycles. The Kier molecular flexibility index (Phi) is 9.66. The maximum Gasteiger partial charge on any atom is 0.272 e. The third-order valence-electron chi connectivity index (χ3n) is 11.1. The van der Waals surface area contributed by atoms with Crippen LogP contribution < -0.4 is 0 Å². The molecule has 0 N–H and O–H groups in total. The number of carbonyl (C=O) groups is 6. The molecule has 9 aliphatic rings. The van der Waals surface area contributed by atoms with E-state index in [9.17, 15) is 28.8 Å². The maximum absolute atomic E-state index is 13.9. The van der Waals surface area contributed by atoms with Crippen LogP contribution in [0.25, 0.3) is 0 Å². The van der Waals surface area contributed by atoms with Crippen molar-refractivity contribution in [1.29, 1.82) is 0 Å². The second-order valence-electron chi connectivity index (χ2n) is 15.1. The molecular weight excluding hydrogens is 690 g/mol. The molecule has 3 aromatic heterocycles. The van der Waals surface area contributed by atoms with Crippen LogP contribution in [0, 0.1) is 0 Å². The minimum atomic E-state index is -0.381. The van der Waals surface area contributed by atoms with Crippen molar-refractivity contribution in [3.63, 3.8) is 0 Å². The van der Waals surface area contributed by atoms with Gasteiger partial charge in [0.15, 0.2) is 0 Å². The monoisotopic (exact) mass is 735 g/mol. The van der Waals surface area contributed by atoms with Crippen molar-refractivity contribution in [3.05, 3.63) is 88.8 Å². The van der Waals surface area contributed by atoms with Crippen molar-refractivity contribution in [2.45, 2.75) is 77.8 Å². The first-order valence-corrected chi connectivity index (χ1v) is 18.5.